The van der Waals surface area contributed by atoms with Crippen LogP contribution in [0.4, 0.5) is 28.8 Å². The number of nitrogens with one attached hydrogen (secondary N) is 2. The summed E-state index contributed by atoms with van der Waals surface area (Å²) in [6, 6.07) is 13.4. The Bertz CT molecular complexity index is 899. The van der Waals surface area contributed by atoms with Gasteiger partial charge in [0.25, 0.3) is 0 Å². The van der Waals surface area contributed by atoms with Crippen LogP contribution in [0.2, 0.25) is 0 Å². The van der Waals surface area contributed by atoms with E-state index < -0.39 is 0 Å². The number of hydrogen-bond donors (Lipinski definition) is 2. The molecule has 3 rings (SSSR count). The Kier molecular flexibility index (Phi) is 5.55. The highest BCUT2D eigenvalue weighted by atomic mass is 16.5. The van der Waals surface area contributed by atoms with E-state index in [2.05, 4.69) is 25.8 Å². The van der Waals surface area contributed by atoms with Crippen LogP contribution in [0.1, 0.15) is 0 Å². The number of methoxy groups -OCH3 is 2. The molecule has 140 valence electrons. The Hall–Kier alpha value is -3.55. The Balaban J connectivity index is 1.78. The van der Waals surface area contributed by atoms with Gasteiger partial charge in [-0.05, 0) is 36.4 Å². The molecule has 27 heavy (non-hydrogen) atoms. The molecule has 3 aromatic rings. The summed E-state index contributed by atoms with van der Waals surface area (Å²) in [6.07, 6.45) is 1.56. The maximum Gasteiger partial charge on any atom is 0.249 e. The first kappa shape index (κ1) is 18.2. The first-order valence-corrected chi connectivity index (χ1v) is 8.32. The molecule has 0 saturated carbocycles. The highest BCUT2D eigenvalue weighted by molar-refractivity contribution is 5.66. The van der Waals surface area contributed by atoms with Gasteiger partial charge < -0.3 is 25.0 Å². The Morgan fingerprint density at radius 3 is 2.37 bits per heavy atom. The minimum Gasteiger partial charge on any atom is -0.497 e. The molecule has 2 aromatic carbocycles. The Morgan fingerprint density at radius 2 is 1.70 bits per heavy atom. The molecular weight excluding hydrogens is 344 g/mol. The van der Waals surface area contributed by atoms with Gasteiger partial charge in [-0.3, -0.25) is 0 Å². The molecule has 0 radical (unpaired) electrons. The quantitative estimate of drug-likeness (QED) is 0.658. The standard InChI is InChI=1S/C19H22N6O2/c1-25(2)14-7-5-13(6-8-14)21-18-12-20-24-19(23-18)22-16-11-15(26-3)9-10-17(16)27-4/h5-12H,1-4H3,(H2,21,22,23,24). The van der Waals surface area contributed by atoms with Crippen LogP contribution in [0.15, 0.2) is 48.7 Å². The van der Waals surface area contributed by atoms with Crippen molar-refractivity contribution >= 4 is 28.8 Å². The number of nitrogens with zero attached hydrogens (tertiary/aromatic N) is 4. The molecule has 0 amide bonds. The third-order valence-electron chi connectivity index (χ3n) is 3.87. The van der Waals surface area contributed by atoms with Crippen molar-refractivity contribution in [3.8, 4) is 11.5 Å². The van der Waals surface area contributed by atoms with Gasteiger partial charge >= 0.3 is 0 Å². The molecule has 8 nitrogen and oxygen atoms in total. The van der Waals surface area contributed by atoms with Gasteiger partial charge in [-0.15, -0.1) is 5.10 Å². The zero-order valence-electron chi connectivity index (χ0n) is 15.7. The third kappa shape index (κ3) is 4.55. The summed E-state index contributed by atoms with van der Waals surface area (Å²) in [4.78, 5) is 6.49. The number of benzene rings is 2. The van der Waals surface area contributed by atoms with E-state index in [9.17, 15) is 0 Å². The van der Waals surface area contributed by atoms with Gasteiger partial charge in [0, 0.05) is 31.5 Å². The Morgan fingerprint density at radius 1 is 0.926 bits per heavy atom. The highest BCUT2D eigenvalue weighted by Crippen LogP contribution is 2.30. The molecular formula is C19H22N6O2. The monoisotopic (exact) mass is 366 g/mol. The predicted molar refractivity (Wildman–Crippen MR) is 107 cm³/mol. The summed E-state index contributed by atoms with van der Waals surface area (Å²) in [7, 11) is 7.21. The van der Waals surface area contributed by atoms with Crippen LogP contribution >= 0.6 is 0 Å². The van der Waals surface area contributed by atoms with E-state index >= 15 is 0 Å². The number of rotatable bonds is 7. The molecule has 1 heterocycles. The largest absolute Gasteiger partial charge is 0.497 e. The van der Waals surface area contributed by atoms with Gasteiger partial charge in [0.1, 0.15) is 11.5 Å². The fourth-order valence-electron chi connectivity index (χ4n) is 2.44. The second-order valence-electron chi connectivity index (χ2n) is 5.92. The van der Waals surface area contributed by atoms with Crippen molar-refractivity contribution in [2.45, 2.75) is 0 Å². The molecule has 0 bridgehead atoms. The zero-order valence-corrected chi connectivity index (χ0v) is 15.7. The molecule has 0 spiro atoms. The first-order valence-electron chi connectivity index (χ1n) is 8.32. The first-order chi connectivity index (χ1) is 13.1. The van der Waals surface area contributed by atoms with Crippen molar-refractivity contribution in [3.63, 3.8) is 0 Å². The minimum atomic E-state index is 0.344. The minimum absolute atomic E-state index is 0.344. The lowest BCUT2D eigenvalue weighted by molar-refractivity contribution is 0.405. The van der Waals surface area contributed by atoms with Crippen LogP contribution in [-0.4, -0.2) is 43.5 Å². The van der Waals surface area contributed by atoms with Crippen molar-refractivity contribution in [2.75, 3.05) is 43.8 Å². The SMILES string of the molecule is COc1ccc(OC)c(Nc2nncc(Nc3ccc(N(C)C)cc3)n2)c1. The van der Waals surface area contributed by atoms with Crippen LogP contribution < -0.4 is 25.0 Å². The molecule has 2 N–H and O–H groups in total. The van der Waals surface area contributed by atoms with Gasteiger partial charge in [-0.1, -0.05) is 0 Å². The normalized spacial score (nSPS) is 10.2. The van der Waals surface area contributed by atoms with Crippen LogP contribution in [0.3, 0.4) is 0 Å². The molecule has 8 heteroatoms. The molecule has 0 aliphatic heterocycles. The predicted octanol–water partition coefficient (Wildman–Crippen LogP) is 3.44. The average molecular weight is 366 g/mol. The van der Waals surface area contributed by atoms with Gasteiger partial charge in [0.15, 0.2) is 5.82 Å². The van der Waals surface area contributed by atoms with Crippen LogP contribution in [-0.2, 0) is 0 Å². The lowest BCUT2D eigenvalue weighted by Crippen LogP contribution is -2.08. The smallest absolute Gasteiger partial charge is 0.249 e. The van der Waals surface area contributed by atoms with E-state index in [1.165, 1.54) is 0 Å². The summed E-state index contributed by atoms with van der Waals surface area (Å²) >= 11 is 0. The second-order valence-corrected chi connectivity index (χ2v) is 5.92. The van der Waals surface area contributed by atoms with E-state index in [0.29, 0.717) is 29.0 Å². The van der Waals surface area contributed by atoms with E-state index in [4.69, 9.17) is 9.47 Å². The van der Waals surface area contributed by atoms with Crippen molar-refractivity contribution in [1.29, 1.82) is 0 Å². The van der Waals surface area contributed by atoms with E-state index in [0.717, 1.165) is 11.4 Å². The fraction of sp³-hybridized carbons (Fsp3) is 0.211. The van der Waals surface area contributed by atoms with Gasteiger partial charge in [0.2, 0.25) is 5.95 Å². The molecule has 0 saturated heterocycles. The number of hydrogen-bond acceptors (Lipinski definition) is 8. The lowest BCUT2D eigenvalue weighted by atomic mass is 10.2. The van der Waals surface area contributed by atoms with Crippen molar-refractivity contribution < 1.29 is 9.47 Å². The van der Waals surface area contributed by atoms with Crippen LogP contribution in [0.5, 0.6) is 11.5 Å². The molecule has 0 unspecified atom stereocenters. The maximum atomic E-state index is 5.36. The third-order valence-corrected chi connectivity index (χ3v) is 3.87. The topological polar surface area (TPSA) is 84.4 Å². The highest BCUT2D eigenvalue weighted by Gasteiger charge is 2.08. The summed E-state index contributed by atoms with van der Waals surface area (Å²) < 4.78 is 10.6. The number of aromatic nitrogens is 3. The zero-order chi connectivity index (χ0) is 19.2. The van der Waals surface area contributed by atoms with Crippen LogP contribution in [0, 0.1) is 0 Å². The van der Waals surface area contributed by atoms with Gasteiger partial charge in [-0.25, -0.2) is 0 Å². The van der Waals surface area contributed by atoms with Crippen molar-refractivity contribution in [1.82, 2.24) is 15.2 Å². The average Bonchev–Trinajstić information content (AvgIpc) is 2.68. The molecule has 1 aromatic heterocycles. The second kappa shape index (κ2) is 8.22. The summed E-state index contributed by atoms with van der Waals surface area (Å²) in [5.41, 5.74) is 2.71. The molecule has 0 atom stereocenters. The number of ether oxygens (including phenoxy) is 2. The van der Waals surface area contributed by atoms with E-state index in [1.54, 1.807) is 20.4 Å². The van der Waals surface area contributed by atoms with Gasteiger partial charge in [-0.2, -0.15) is 10.1 Å². The van der Waals surface area contributed by atoms with Crippen molar-refractivity contribution in [2.24, 2.45) is 0 Å². The van der Waals surface area contributed by atoms with Crippen molar-refractivity contribution in [3.05, 3.63) is 48.7 Å². The Labute approximate surface area is 158 Å². The molecule has 0 aliphatic carbocycles. The number of anilines is 5. The van der Waals surface area contributed by atoms with Crippen LogP contribution in [0.25, 0.3) is 0 Å². The van der Waals surface area contributed by atoms with E-state index in [1.807, 2.05) is 61.5 Å². The maximum absolute atomic E-state index is 5.36. The lowest BCUT2D eigenvalue weighted by Gasteiger charge is -2.13. The summed E-state index contributed by atoms with van der Waals surface area (Å²) in [5.74, 6) is 2.27. The van der Waals surface area contributed by atoms with E-state index in [-0.39, 0.29) is 0 Å². The molecule has 0 fully saturated rings. The molecule has 0 aliphatic rings. The fourth-order valence-corrected chi connectivity index (χ4v) is 2.44. The summed E-state index contributed by atoms with van der Waals surface area (Å²) in [6.45, 7) is 0. The van der Waals surface area contributed by atoms with Gasteiger partial charge in [0.05, 0.1) is 26.1 Å². The summed E-state index contributed by atoms with van der Waals surface area (Å²) in [5, 5.41) is 14.4.